The highest BCUT2D eigenvalue weighted by atomic mass is 16.4. The summed E-state index contributed by atoms with van der Waals surface area (Å²) in [6.45, 7) is 0.768. The predicted molar refractivity (Wildman–Crippen MR) is 283 cm³/mol. The molecule has 0 unspecified atom stereocenters. The Hall–Kier alpha value is -8.45. The second kappa shape index (κ2) is 22.7. The summed E-state index contributed by atoms with van der Waals surface area (Å²) in [5.74, 6) is -0.455. The van der Waals surface area contributed by atoms with E-state index in [0.29, 0.717) is 74.2 Å². The van der Waals surface area contributed by atoms with E-state index in [-0.39, 0.29) is 50.8 Å². The van der Waals surface area contributed by atoms with E-state index in [1.807, 2.05) is 60.7 Å². The fourth-order valence-electron chi connectivity index (χ4n) is 10.0. The van der Waals surface area contributed by atoms with Crippen LogP contribution in [0.3, 0.4) is 0 Å². The van der Waals surface area contributed by atoms with Crippen molar-refractivity contribution in [2.75, 3.05) is 52.3 Å². The van der Waals surface area contributed by atoms with Gasteiger partial charge >= 0.3 is 6.09 Å². The first-order valence-electron chi connectivity index (χ1n) is 25.0. The van der Waals surface area contributed by atoms with Crippen LogP contribution in [0.5, 0.6) is 0 Å². The average Bonchev–Trinajstić information content (AvgIpc) is 3.39. The van der Waals surface area contributed by atoms with E-state index in [9.17, 15) is 39.6 Å². The molecule has 1 N–H and O–H groups in total. The van der Waals surface area contributed by atoms with Gasteiger partial charge in [-0.15, -0.1) is 0 Å². The Bertz CT molecular complexity index is 3230. The monoisotopic (exact) mass is 974 g/mol. The third kappa shape index (κ3) is 11.8. The second-order valence-electron chi connectivity index (χ2n) is 18.7. The Morgan fingerprint density at radius 3 is 1.36 bits per heavy atom. The second-order valence-corrected chi connectivity index (χ2v) is 18.7. The van der Waals surface area contributed by atoms with Gasteiger partial charge in [-0.25, -0.2) is 4.79 Å². The molecule has 13 heteroatoms. The highest BCUT2D eigenvalue weighted by Gasteiger charge is 2.19. The van der Waals surface area contributed by atoms with Crippen molar-refractivity contribution in [1.29, 1.82) is 0 Å². The van der Waals surface area contributed by atoms with Crippen molar-refractivity contribution < 1.29 is 39.6 Å². The van der Waals surface area contributed by atoms with Crippen LogP contribution in [-0.2, 0) is 24.1 Å². The molecule has 0 saturated carbocycles. The quantitative estimate of drug-likeness (QED) is 0.0931. The SMILES string of the molecule is O=C([O-])N1CCCCN(C(=O)O)c2ccc(cc2)Cc2ccc(cc2)N(C(=O)[O-])CCCCN(C(=O)CCN=C([O-])CCCc2ccc3ccc4cccc5ccc2c3c45)c2ccc(cc2)Cc2ccc1cc2. The molecule has 372 valence electrons. The van der Waals surface area contributed by atoms with Crippen LogP contribution in [0.4, 0.5) is 37.1 Å². The molecule has 4 amide bonds. The molecule has 7 aliphatic rings. The zero-order valence-corrected chi connectivity index (χ0v) is 40.6. The minimum atomic E-state index is -1.35. The fourth-order valence-corrected chi connectivity index (χ4v) is 10.0. The molecule has 15 rings (SSSR count). The summed E-state index contributed by atoms with van der Waals surface area (Å²) in [5, 5.41) is 55.1. The van der Waals surface area contributed by atoms with Crippen molar-refractivity contribution in [1.82, 2.24) is 0 Å². The van der Waals surface area contributed by atoms with E-state index in [0.717, 1.165) is 33.6 Å². The summed E-state index contributed by atoms with van der Waals surface area (Å²) in [4.78, 5) is 60.5. The van der Waals surface area contributed by atoms with Crippen molar-refractivity contribution in [3.05, 3.63) is 179 Å². The molecule has 0 aromatic heterocycles. The fraction of sp³-hybridized carbons (Fsp3) is 0.250. The number of carbonyl (C=O) groups is 4. The molecule has 0 radical (unpaired) electrons. The summed E-state index contributed by atoms with van der Waals surface area (Å²) in [7, 11) is 0. The van der Waals surface area contributed by atoms with E-state index in [1.54, 1.807) is 41.3 Å². The standard InChI is InChI=1S/C60H59N5O8/c66-54(10-6-7-45-19-20-48-22-21-46-8-5-9-47-23-32-53(45)57(48)56(46)47)61-34-33-55(67)62-35-1-2-36-63(58(68)69)50-26-15-43(16-27-50)40-44-17-30-52(31-18-44)65(60(72)73)38-4-3-37-64(59(70)71)51-28-13-42(14-29-51)39-41-11-24-49(62)25-12-41/h5,8-9,11-32H,1-4,6-7,10,33-40H2,(H,61,66)(H,68,69)(H,70,71)(H,72,73)/p-3. The van der Waals surface area contributed by atoms with Gasteiger partial charge in [0.2, 0.25) is 5.91 Å². The van der Waals surface area contributed by atoms with Crippen LogP contribution in [0.15, 0.2) is 157 Å². The lowest BCUT2D eigenvalue weighted by atomic mass is 9.90. The lowest BCUT2D eigenvalue weighted by molar-refractivity contribution is -0.247. The summed E-state index contributed by atoms with van der Waals surface area (Å²) in [5.41, 5.74) is 6.97. The Balaban J connectivity index is 0.885. The number of carbonyl (C=O) groups excluding carboxylic acids is 3. The number of rotatable bonds is 7. The van der Waals surface area contributed by atoms with Crippen LogP contribution in [0.25, 0.3) is 32.3 Å². The molecule has 13 nitrogen and oxygen atoms in total. The highest BCUT2D eigenvalue weighted by molar-refractivity contribution is 6.23. The topological polar surface area (TPSA) is 183 Å². The first-order valence-corrected chi connectivity index (χ1v) is 25.0. The maximum atomic E-state index is 14.0. The van der Waals surface area contributed by atoms with Crippen molar-refractivity contribution in [2.45, 2.75) is 64.2 Å². The van der Waals surface area contributed by atoms with Gasteiger partial charge in [0, 0.05) is 61.9 Å². The minimum absolute atomic E-state index is 0.0141. The van der Waals surface area contributed by atoms with E-state index in [4.69, 9.17) is 0 Å². The Labute approximate surface area is 424 Å². The molecule has 0 saturated heterocycles. The van der Waals surface area contributed by atoms with Gasteiger partial charge in [0.05, 0.1) is 0 Å². The molecule has 0 spiro atoms. The number of hydrogen-bond donors (Lipinski definition) is 1. The smallest absolute Gasteiger partial charge is 0.411 e. The average molecular weight is 975 g/mol. The van der Waals surface area contributed by atoms with Crippen LogP contribution >= 0.6 is 0 Å². The van der Waals surface area contributed by atoms with Crippen LogP contribution in [0.1, 0.15) is 72.8 Å². The summed E-state index contributed by atoms with van der Waals surface area (Å²) in [6, 6.07) is 48.4. The minimum Gasteiger partial charge on any atom is -0.862 e. The summed E-state index contributed by atoms with van der Waals surface area (Å²) < 4.78 is 0. The van der Waals surface area contributed by atoms with Gasteiger partial charge < -0.3 is 49.7 Å². The lowest BCUT2D eigenvalue weighted by Crippen LogP contribution is -2.42. The van der Waals surface area contributed by atoms with Gasteiger partial charge in [0.25, 0.3) is 0 Å². The molecule has 7 heterocycles. The number of carboxylic acid groups (broad SMARTS) is 3. The van der Waals surface area contributed by atoms with Gasteiger partial charge in [0.15, 0.2) is 0 Å². The van der Waals surface area contributed by atoms with E-state index >= 15 is 0 Å². The largest absolute Gasteiger partial charge is 0.862 e. The number of aryl methyl sites for hydroxylation is 1. The molecule has 73 heavy (non-hydrogen) atoms. The van der Waals surface area contributed by atoms with Crippen LogP contribution < -0.4 is 34.9 Å². The van der Waals surface area contributed by atoms with Gasteiger partial charge in [-0.1, -0.05) is 103 Å². The lowest BCUT2D eigenvalue weighted by Gasteiger charge is -2.27. The molecule has 8 aromatic rings. The van der Waals surface area contributed by atoms with Crippen molar-refractivity contribution in [3.8, 4) is 0 Å². The van der Waals surface area contributed by atoms with Gasteiger partial charge in [-0.3, -0.25) is 9.69 Å². The number of hydrogen-bond acceptors (Lipinski definition) is 8. The van der Waals surface area contributed by atoms with Crippen molar-refractivity contribution in [3.63, 3.8) is 0 Å². The van der Waals surface area contributed by atoms with E-state index < -0.39 is 18.3 Å². The first-order chi connectivity index (χ1) is 35.5. The number of anilines is 4. The molecule has 0 fully saturated rings. The molecular weight excluding hydrogens is 919 g/mol. The highest BCUT2D eigenvalue weighted by Crippen LogP contribution is 2.36. The van der Waals surface area contributed by atoms with E-state index in [1.165, 1.54) is 47.7 Å². The molecule has 0 aliphatic carbocycles. The molecular formula is C60H56N5O8-3. The maximum Gasteiger partial charge on any atom is 0.411 e. The van der Waals surface area contributed by atoms with Gasteiger partial charge in [-0.05, 0) is 172 Å². The number of aliphatic imine (C=N–C) groups is 1. The van der Waals surface area contributed by atoms with Crippen molar-refractivity contribution >= 4 is 85.2 Å². The van der Waals surface area contributed by atoms with Crippen molar-refractivity contribution in [2.24, 2.45) is 4.99 Å². The summed E-state index contributed by atoms with van der Waals surface area (Å²) in [6.07, 6.45) is 0.574. The van der Waals surface area contributed by atoms with Gasteiger partial charge in [0.1, 0.15) is 12.2 Å². The zero-order chi connectivity index (χ0) is 50.8. The molecule has 8 bridgehead atoms. The maximum absolute atomic E-state index is 14.0. The zero-order valence-electron chi connectivity index (χ0n) is 40.6. The third-order valence-electron chi connectivity index (χ3n) is 13.9. The number of amides is 4. The number of nitrogens with zero attached hydrogens (tertiary/aromatic N) is 5. The Morgan fingerprint density at radius 1 is 0.466 bits per heavy atom. The molecule has 7 aliphatic heterocycles. The Morgan fingerprint density at radius 2 is 0.877 bits per heavy atom. The van der Waals surface area contributed by atoms with E-state index in [2.05, 4.69) is 59.6 Å². The van der Waals surface area contributed by atoms with Crippen LogP contribution in [0, 0.1) is 0 Å². The van der Waals surface area contributed by atoms with Gasteiger partial charge in [-0.2, -0.15) is 0 Å². The molecule has 8 aromatic carbocycles. The van der Waals surface area contributed by atoms with Crippen LogP contribution in [-0.4, -0.2) is 67.9 Å². The van der Waals surface area contributed by atoms with Crippen LogP contribution in [0.2, 0.25) is 0 Å². The molecule has 0 atom stereocenters. The third-order valence-corrected chi connectivity index (χ3v) is 13.9. The predicted octanol–water partition coefficient (Wildman–Crippen LogP) is 9.33. The Kier molecular flexibility index (Phi) is 15.4. The normalized spacial score (nSPS) is 14.4. The number of benzene rings is 8. The summed E-state index contributed by atoms with van der Waals surface area (Å²) >= 11 is 0. The first kappa shape index (κ1) is 49.5.